The van der Waals surface area contributed by atoms with Crippen molar-refractivity contribution in [3.8, 4) is 0 Å². The van der Waals surface area contributed by atoms with Gasteiger partial charge in [-0.1, -0.05) is 24.3 Å². The summed E-state index contributed by atoms with van der Waals surface area (Å²) in [6.07, 6.45) is 1.06. The fourth-order valence-corrected chi connectivity index (χ4v) is 3.38. The zero-order valence-electron chi connectivity index (χ0n) is 12.8. The quantitative estimate of drug-likeness (QED) is 0.639. The maximum Gasteiger partial charge on any atom is 0.260 e. The Balaban J connectivity index is 2.09. The predicted octanol–water partition coefficient (Wildman–Crippen LogP) is 2.05. The first-order chi connectivity index (χ1) is 10.9. The van der Waals surface area contributed by atoms with Gasteiger partial charge in [0.15, 0.2) is 0 Å². The predicted molar refractivity (Wildman–Crippen MR) is 93.3 cm³/mol. The molecule has 122 valence electrons. The lowest BCUT2D eigenvalue weighted by molar-refractivity contribution is -0.119. The third-order valence-corrected chi connectivity index (χ3v) is 5.08. The first-order valence-electron chi connectivity index (χ1n) is 6.77. The smallest absolute Gasteiger partial charge is 0.260 e. The van der Waals surface area contributed by atoms with Crippen LogP contribution in [-0.2, 0) is 14.8 Å². The highest BCUT2D eigenvalue weighted by Crippen LogP contribution is 2.16. The van der Waals surface area contributed by atoms with Crippen LogP contribution in [0.3, 0.4) is 0 Å². The average Bonchev–Trinajstić information content (AvgIpc) is 3.04. The molecule has 0 unspecified atom stereocenters. The summed E-state index contributed by atoms with van der Waals surface area (Å²) in [7, 11) is -3.57. The summed E-state index contributed by atoms with van der Waals surface area (Å²) >= 11 is 1.51. The number of hydrogen-bond acceptors (Lipinski definition) is 5. The van der Waals surface area contributed by atoms with Gasteiger partial charge in [-0.2, -0.15) is 5.10 Å². The SMILES string of the molecule is C/C(=N\NC(=O)CN(c1ccccc1)S(C)(=O)=O)c1cccs1. The molecule has 23 heavy (non-hydrogen) atoms. The molecule has 1 aromatic carbocycles. The summed E-state index contributed by atoms with van der Waals surface area (Å²) in [6.45, 7) is 1.45. The first kappa shape index (κ1) is 17.2. The lowest BCUT2D eigenvalue weighted by Gasteiger charge is -2.21. The van der Waals surface area contributed by atoms with Gasteiger partial charge < -0.3 is 0 Å². The minimum atomic E-state index is -3.57. The Hall–Kier alpha value is -2.19. The number of anilines is 1. The number of sulfonamides is 1. The van der Waals surface area contributed by atoms with Crippen molar-refractivity contribution in [2.24, 2.45) is 5.10 Å². The zero-order chi connectivity index (χ0) is 16.9. The Labute approximate surface area is 139 Å². The lowest BCUT2D eigenvalue weighted by atomic mass is 10.3. The van der Waals surface area contributed by atoms with Crippen molar-refractivity contribution in [2.45, 2.75) is 6.92 Å². The molecule has 0 atom stereocenters. The Morgan fingerprint density at radius 2 is 1.91 bits per heavy atom. The molecular formula is C15H17N3O3S2. The largest absolute Gasteiger partial charge is 0.271 e. The number of hydrogen-bond donors (Lipinski definition) is 1. The topological polar surface area (TPSA) is 78.8 Å². The summed E-state index contributed by atoms with van der Waals surface area (Å²) in [4.78, 5) is 13.0. The second-order valence-electron chi connectivity index (χ2n) is 4.81. The van der Waals surface area contributed by atoms with Crippen LogP contribution in [0.2, 0.25) is 0 Å². The second-order valence-corrected chi connectivity index (χ2v) is 7.67. The van der Waals surface area contributed by atoms with Crippen LogP contribution >= 0.6 is 11.3 Å². The molecule has 0 radical (unpaired) electrons. The van der Waals surface area contributed by atoms with Crippen LogP contribution in [0.15, 0.2) is 52.9 Å². The molecule has 1 amide bonds. The van der Waals surface area contributed by atoms with Gasteiger partial charge in [0.1, 0.15) is 6.54 Å². The molecule has 0 aliphatic rings. The van der Waals surface area contributed by atoms with Crippen molar-refractivity contribution in [1.82, 2.24) is 5.43 Å². The summed E-state index contributed by atoms with van der Waals surface area (Å²) in [6, 6.07) is 12.3. The van der Waals surface area contributed by atoms with Crippen LogP contribution in [-0.4, -0.2) is 32.8 Å². The van der Waals surface area contributed by atoms with Crippen LogP contribution in [0.4, 0.5) is 5.69 Å². The van der Waals surface area contributed by atoms with E-state index in [0.29, 0.717) is 11.4 Å². The third-order valence-electron chi connectivity index (χ3n) is 2.96. The van der Waals surface area contributed by atoms with Gasteiger partial charge in [-0.05, 0) is 30.5 Å². The molecule has 2 rings (SSSR count). The van der Waals surface area contributed by atoms with Crippen molar-refractivity contribution in [3.05, 3.63) is 52.7 Å². The molecule has 1 aromatic heterocycles. The molecule has 0 bridgehead atoms. The van der Waals surface area contributed by atoms with Crippen LogP contribution in [0.5, 0.6) is 0 Å². The number of nitrogens with zero attached hydrogens (tertiary/aromatic N) is 2. The summed E-state index contributed by atoms with van der Waals surface area (Å²) in [5.41, 5.74) is 3.49. The molecule has 8 heteroatoms. The molecule has 0 saturated heterocycles. The molecule has 1 N–H and O–H groups in total. The van der Waals surface area contributed by atoms with Crippen molar-refractivity contribution < 1.29 is 13.2 Å². The normalized spacial score (nSPS) is 12.0. The van der Waals surface area contributed by atoms with E-state index in [1.807, 2.05) is 17.5 Å². The molecule has 0 spiro atoms. The van der Waals surface area contributed by atoms with Crippen molar-refractivity contribution >= 4 is 38.7 Å². The van der Waals surface area contributed by atoms with Gasteiger partial charge in [0.25, 0.3) is 5.91 Å². The zero-order valence-corrected chi connectivity index (χ0v) is 14.4. The van der Waals surface area contributed by atoms with E-state index in [1.165, 1.54) is 11.3 Å². The minimum absolute atomic E-state index is 0.329. The average molecular weight is 351 g/mol. The van der Waals surface area contributed by atoms with Crippen molar-refractivity contribution in [3.63, 3.8) is 0 Å². The number of benzene rings is 1. The van der Waals surface area contributed by atoms with Gasteiger partial charge in [0, 0.05) is 4.88 Å². The van der Waals surface area contributed by atoms with Gasteiger partial charge in [0.05, 0.1) is 17.7 Å². The highest BCUT2D eigenvalue weighted by molar-refractivity contribution is 7.92. The molecule has 2 aromatic rings. The van der Waals surface area contributed by atoms with Crippen LogP contribution in [0, 0.1) is 0 Å². The molecule has 1 heterocycles. The maximum absolute atomic E-state index is 12.0. The molecular weight excluding hydrogens is 334 g/mol. The fraction of sp³-hybridized carbons (Fsp3) is 0.200. The summed E-state index contributed by atoms with van der Waals surface area (Å²) in [5, 5.41) is 5.92. The fourth-order valence-electron chi connectivity index (χ4n) is 1.85. The van der Waals surface area contributed by atoms with Crippen molar-refractivity contribution in [2.75, 3.05) is 17.1 Å². The molecule has 0 aliphatic carbocycles. The monoisotopic (exact) mass is 351 g/mol. The van der Waals surface area contributed by atoms with Crippen LogP contribution in [0.1, 0.15) is 11.8 Å². The summed E-state index contributed by atoms with van der Waals surface area (Å²) < 4.78 is 24.8. The number of nitrogens with one attached hydrogen (secondary N) is 1. The molecule has 0 fully saturated rings. The van der Waals surface area contributed by atoms with E-state index in [-0.39, 0.29) is 6.54 Å². The van der Waals surface area contributed by atoms with Gasteiger partial charge >= 0.3 is 0 Å². The molecule has 6 nitrogen and oxygen atoms in total. The van der Waals surface area contributed by atoms with E-state index < -0.39 is 15.9 Å². The molecule has 0 saturated carbocycles. The Morgan fingerprint density at radius 1 is 1.22 bits per heavy atom. The number of carbonyl (C=O) groups is 1. The van der Waals surface area contributed by atoms with Gasteiger partial charge in [0.2, 0.25) is 10.0 Å². The number of amides is 1. The van der Waals surface area contributed by atoms with E-state index in [9.17, 15) is 13.2 Å². The minimum Gasteiger partial charge on any atom is -0.271 e. The first-order valence-corrected chi connectivity index (χ1v) is 9.50. The van der Waals surface area contributed by atoms with Gasteiger partial charge in [-0.15, -0.1) is 11.3 Å². The van der Waals surface area contributed by atoms with E-state index in [2.05, 4.69) is 10.5 Å². The Kier molecular flexibility index (Phi) is 5.51. The van der Waals surface area contributed by atoms with E-state index in [1.54, 1.807) is 37.3 Å². The van der Waals surface area contributed by atoms with Crippen LogP contribution < -0.4 is 9.73 Å². The van der Waals surface area contributed by atoms with E-state index in [0.717, 1.165) is 15.4 Å². The summed E-state index contributed by atoms with van der Waals surface area (Å²) in [5.74, 6) is -0.504. The third kappa shape index (κ3) is 4.90. The lowest BCUT2D eigenvalue weighted by Crippen LogP contribution is -2.39. The Morgan fingerprint density at radius 3 is 2.48 bits per heavy atom. The highest BCUT2D eigenvalue weighted by atomic mass is 32.2. The number of rotatable bonds is 6. The van der Waals surface area contributed by atoms with E-state index in [4.69, 9.17) is 0 Å². The second kappa shape index (κ2) is 7.38. The van der Waals surface area contributed by atoms with Gasteiger partial charge in [-0.25, -0.2) is 13.8 Å². The highest BCUT2D eigenvalue weighted by Gasteiger charge is 2.20. The van der Waals surface area contributed by atoms with Crippen molar-refractivity contribution in [1.29, 1.82) is 0 Å². The number of carbonyl (C=O) groups excluding carboxylic acids is 1. The number of thiophene rings is 1. The number of hydrazone groups is 1. The maximum atomic E-state index is 12.0. The van der Waals surface area contributed by atoms with Gasteiger partial charge in [-0.3, -0.25) is 9.10 Å². The standard InChI is InChI=1S/C15H17N3O3S2/c1-12(14-9-6-10-22-14)16-17-15(19)11-18(23(2,20)21)13-7-4-3-5-8-13/h3-10H,11H2,1-2H3,(H,17,19)/b16-12+. The van der Waals surface area contributed by atoms with Crippen LogP contribution in [0.25, 0.3) is 0 Å². The van der Waals surface area contributed by atoms with E-state index >= 15 is 0 Å². The molecule has 0 aliphatic heterocycles. The number of para-hydroxylation sites is 1. The Bertz CT molecular complexity index is 785.